The topological polar surface area (TPSA) is 108 Å². The van der Waals surface area contributed by atoms with Crippen LogP contribution in [-0.2, 0) is 4.79 Å². The number of aromatic nitrogens is 4. The molecule has 6 rings (SSSR count). The minimum absolute atomic E-state index is 0.0222. The van der Waals surface area contributed by atoms with Crippen molar-refractivity contribution in [2.24, 2.45) is 0 Å². The first-order valence-corrected chi connectivity index (χ1v) is 11.1. The van der Waals surface area contributed by atoms with Gasteiger partial charge in [-0.2, -0.15) is 4.98 Å². The number of nitrogens with one attached hydrogen (secondary N) is 1. The molecular formula is C25H19FN6O3. The molecule has 174 valence electrons. The number of hydrogen-bond donors (Lipinski definition) is 1. The maximum atomic E-state index is 14.8. The predicted molar refractivity (Wildman–Crippen MR) is 126 cm³/mol. The highest BCUT2D eigenvalue weighted by molar-refractivity contribution is 6.45. The zero-order valence-electron chi connectivity index (χ0n) is 18.4. The molecule has 1 aliphatic rings. The standard InChI is InChI=1S/C25H19FN6O3/c26-19-6-5-17(23-29-14-35-30-23)21-20(19)18(13-28-21)22(33)25(34)32-11-9-31(10-12-32)24-16-4-2-1-3-15(16)7-8-27-24/h1-8,13-14,28H,9-12H2. The second-order valence-corrected chi connectivity index (χ2v) is 8.27. The monoisotopic (exact) mass is 470 g/mol. The normalized spacial score (nSPS) is 14.1. The summed E-state index contributed by atoms with van der Waals surface area (Å²) >= 11 is 0. The quantitative estimate of drug-likeness (QED) is 0.317. The molecule has 4 heterocycles. The van der Waals surface area contributed by atoms with Crippen LogP contribution in [0.1, 0.15) is 10.4 Å². The molecule has 9 nitrogen and oxygen atoms in total. The van der Waals surface area contributed by atoms with Gasteiger partial charge < -0.3 is 19.3 Å². The van der Waals surface area contributed by atoms with Crippen molar-refractivity contribution in [1.82, 2.24) is 25.0 Å². The average Bonchev–Trinajstić information content (AvgIpc) is 3.59. The number of halogens is 1. The van der Waals surface area contributed by atoms with Crippen LogP contribution in [0.2, 0.25) is 0 Å². The highest BCUT2D eigenvalue weighted by atomic mass is 19.1. The Balaban J connectivity index is 1.23. The van der Waals surface area contributed by atoms with E-state index < -0.39 is 17.5 Å². The van der Waals surface area contributed by atoms with Gasteiger partial charge in [0.15, 0.2) is 0 Å². The van der Waals surface area contributed by atoms with E-state index in [0.29, 0.717) is 37.3 Å². The van der Waals surface area contributed by atoms with Crippen LogP contribution in [0.15, 0.2) is 65.8 Å². The average molecular weight is 470 g/mol. The summed E-state index contributed by atoms with van der Waals surface area (Å²) in [5.74, 6) is -0.941. The van der Waals surface area contributed by atoms with E-state index in [1.165, 1.54) is 23.2 Å². The van der Waals surface area contributed by atoms with Crippen molar-refractivity contribution >= 4 is 39.2 Å². The van der Waals surface area contributed by atoms with Crippen molar-refractivity contribution in [3.63, 3.8) is 0 Å². The van der Waals surface area contributed by atoms with Gasteiger partial charge in [-0.25, -0.2) is 9.37 Å². The summed E-state index contributed by atoms with van der Waals surface area (Å²) in [5.41, 5.74) is 0.776. The molecular weight excluding hydrogens is 451 g/mol. The Bertz CT molecular complexity index is 1570. The van der Waals surface area contributed by atoms with E-state index in [-0.39, 0.29) is 16.8 Å². The third kappa shape index (κ3) is 3.50. The molecule has 0 unspecified atom stereocenters. The molecule has 0 saturated carbocycles. The van der Waals surface area contributed by atoms with E-state index in [9.17, 15) is 14.0 Å². The molecule has 1 fully saturated rings. The number of nitrogens with zero attached hydrogens (tertiary/aromatic N) is 5. The number of carbonyl (C=O) groups is 2. The van der Waals surface area contributed by atoms with Crippen molar-refractivity contribution in [3.8, 4) is 11.4 Å². The maximum absolute atomic E-state index is 14.8. The van der Waals surface area contributed by atoms with Crippen molar-refractivity contribution in [3.05, 3.63) is 72.6 Å². The number of Topliss-reactive ketones (excluding diaryl/α,β-unsaturated/α-hetero) is 1. The first-order chi connectivity index (χ1) is 17.1. The molecule has 0 atom stereocenters. The lowest BCUT2D eigenvalue weighted by Crippen LogP contribution is -2.50. The molecule has 1 aliphatic heterocycles. The Morgan fingerprint density at radius 1 is 1.00 bits per heavy atom. The van der Waals surface area contributed by atoms with E-state index in [4.69, 9.17) is 4.52 Å². The highest BCUT2D eigenvalue weighted by Gasteiger charge is 2.30. The van der Waals surface area contributed by atoms with E-state index in [2.05, 4.69) is 25.0 Å². The Kier molecular flexibility index (Phi) is 4.98. The second-order valence-electron chi connectivity index (χ2n) is 8.27. The van der Waals surface area contributed by atoms with Gasteiger partial charge in [0, 0.05) is 54.9 Å². The van der Waals surface area contributed by atoms with Crippen LogP contribution >= 0.6 is 0 Å². The van der Waals surface area contributed by atoms with E-state index in [0.717, 1.165) is 23.0 Å². The first-order valence-electron chi connectivity index (χ1n) is 11.1. The van der Waals surface area contributed by atoms with Crippen LogP contribution in [-0.4, -0.2) is 62.9 Å². The molecule has 35 heavy (non-hydrogen) atoms. The van der Waals surface area contributed by atoms with Crippen LogP contribution in [0.3, 0.4) is 0 Å². The first kappa shape index (κ1) is 21.0. The molecule has 2 aromatic carbocycles. The Morgan fingerprint density at radius 2 is 1.83 bits per heavy atom. The summed E-state index contributed by atoms with van der Waals surface area (Å²) in [6.07, 6.45) is 4.29. The highest BCUT2D eigenvalue weighted by Crippen LogP contribution is 2.31. The van der Waals surface area contributed by atoms with Gasteiger partial charge in [-0.15, -0.1) is 0 Å². The predicted octanol–water partition coefficient (Wildman–Crippen LogP) is 3.44. The molecule has 0 radical (unpaired) electrons. The van der Waals surface area contributed by atoms with Crippen molar-refractivity contribution in [2.45, 2.75) is 0 Å². The van der Waals surface area contributed by atoms with Gasteiger partial charge in [0.25, 0.3) is 11.7 Å². The number of ketones is 1. The zero-order valence-corrected chi connectivity index (χ0v) is 18.4. The Labute approximate surface area is 198 Å². The van der Waals surface area contributed by atoms with Crippen LogP contribution in [0.25, 0.3) is 33.1 Å². The van der Waals surface area contributed by atoms with E-state index >= 15 is 0 Å². The van der Waals surface area contributed by atoms with Crippen molar-refractivity contribution in [2.75, 3.05) is 31.1 Å². The summed E-state index contributed by atoms with van der Waals surface area (Å²) in [6, 6.07) is 12.7. The van der Waals surface area contributed by atoms with Crippen LogP contribution in [0.4, 0.5) is 10.2 Å². The fourth-order valence-electron chi connectivity index (χ4n) is 4.60. The number of hydrogen-bond acceptors (Lipinski definition) is 7. The van der Waals surface area contributed by atoms with Gasteiger partial charge in [0.1, 0.15) is 11.6 Å². The van der Waals surface area contributed by atoms with Gasteiger partial charge in [-0.3, -0.25) is 9.59 Å². The smallest absolute Gasteiger partial charge is 0.295 e. The van der Waals surface area contributed by atoms with Crippen molar-refractivity contribution in [1.29, 1.82) is 0 Å². The summed E-state index contributed by atoms with van der Waals surface area (Å²) in [7, 11) is 0. The van der Waals surface area contributed by atoms with Gasteiger partial charge in [-0.1, -0.05) is 29.4 Å². The molecule has 5 aromatic rings. The Hall–Kier alpha value is -4.60. The number of carbonyl (C=O) groups excluding carboxylic acids is 2. The number of rotatable bonds is 4. The third-order valence-corrected chi connectivity index (χ3v) is 6.34. The number of fused-ring (bicyclic) bond motifs is 2. The third-order valence-electron chi connectivity index (χ3n) is 6.34. The second kappa shape index (κ2) is 8.32. The lowest BCUT2D eigenvalue weighted by Gasteiger charge is -2.35. The van der Waals surface area contributed by atoms with Crippen LogP contribution in [0.5, 0.6) is 0 Å². The number of amides is 1. The summed E-state index contributed by atoms with van der Waals surface area (Å²) in [6.45, 7) is 1.78. The fraction of sp³-hybridized carbons (Fsp3) is 0.160. The van der Waals surface area contributed by atoms with Crippen molar-refractivity contribution < 1.29 is 18.5 Å². The Morgan fingerprint density at radius 3 is 2.63 bits per heavy atom. The molecule has 0 spiro atoms. The summed E-state index contributed by atoms with van der Waals surface area (Å²) in [5, 5.41) is 5.94. The van der Waals surface area contributed by atoms with E-state index in [1.54, 1.807) is 6.20 Å². The number of piperazine rings is 1. The number of aromatic amines is 1. The molecule has 0 aliphatic carbocycles. The molecule has 10 heteroatoms. The van der Waals surface area contributed by atoms with Gasteiger partial charge in [-0.05, 0) is 23.6 Å². The zero-order chi connectivity index (χ0) is 23.9. The number of H-pyrrole nitrogens is 1. The van der Waals surface area contributed by atoms with E-state index in [1.807, 2.05) is 30.3 Å². The molecule has 3 aromatic heterocycles. The SMILES string of the molecule is O=C(C(=O)N1CCN(c2nccc3ccccc23)CC1)c1c[nH]c2c(-c3ncon3)ccc(F)c12. The minimum Gasteiger partial charge on any atom is -0.360 e. The minimum atomic E-state index is -0.767. The van der Waals surface area contributed by atoms with Crippen LogP contribution in [0, 0.1) is 5.82 Å². The fourth-order valence-corrected chi connectivity index (χ4v) is 4.60. The molecule has 1 saturated heterocycles. The molecule has 1 amide bonds. The molecule has 1 N–H and O–H groups in total. The van der Waals surface area contributed by atoms with Gasteiger partial charge >= 0.3 is 0 Å². The van der Waals surface area contributed by atoms with Gasteiger partial charge in [0.05, 0.1) is 11.1 Å². The molecule has 0 bridgehead atoms. The lowest BCUT2D eigenvalue weighted by atomic mass is 10.0. The lowest BCUT2D eigenvalue weighted by molar-refractivity contribution is -0.126. The van der Waals surface area contributed by atoms with Crippen LogP contribution < -0.4 is 4.90 Å². The number of benzene rings is 2. The largest absolute Gasteiger partial charge is 0.360 e. The van der Waals surface area contributed by atoms with Gasteiger partial charge in [0.2, 0.25) is 12.2 Å². The summed E-state index contributed by atoms with van der Waals surface area (Å²) in [4.78, 5) is 41.3. The number of pyridine rings is 1. The number of anilines is 1. The summed E-state index contributed by atoms with van der Waals surface area (Å²) < 4.78 is 19.5. The maximum Gasteiger partial charge on any atom is 0.295 e.